The molecule has 9 heteroatoms. The molecular weight excluding hydrogens is 484 g/mol. The Morgan fingerprint density at radius 2 is 1.89 bits per heavy atom. The molecule has 6 atom stereocenters. The van der Waals surface area contributed by atoms with Gasteiger partial charge in [-0.15, -0.1) is 0 Å². The Morgan fingerprint density at radius 1 is 1.11 bits per heavy atom. The first-order valence-electron chi connectivity index (χ1n) is 12.5. The zero-order valence-corrected chi connectivity index (χ0v) is 21.2. The number of allylic oxidation sites excluding steroid dienone is 1. The predicted molar refractivity (Wildman–Crippen MR) is 133 cm³/mol. The van der Waals surface area contributed by atoms with E-state index >= 15 is 0 Å². The van der Waals surface area contributed by atoms with Gasteiger partial charge in [-0.3, -0.25) is 14.4 Å². The van der Waals surface area contributed by atoms with E-state index in [-0.39, 0.29) is 25.7 Å². The third-order valence-corrected chi connectivity index (χ3v) is 8.14. The quantitative estimate of drug-likeness (QED) is 0.492. The Labute approximate surface area is 215 Å². The first kappa shape index (κ1) is 25.0. The Balaban J connectivity index is 1.67. The first-order chi connectivity index (χ1) is 17.2. The molecule has 1 N–H and O–H groups in total. The zero-order valence-electron chi connectivity index (χ0n) is 20.4. The van der Waals surface area contributed by atoms with Crippen molar-refractivity contribution in [2.24, 2.45) is 11.8 Å². The third kappa shape index (κ3) is 3.69. The van der Waals surface area contributed by atoms with Gasteiger partial charge >= 0.3 is 5.97 Å². The zero-order chi connectivity index (χ0) is 25.7. The van der Waals surface area contributed by atoms with Crippen molar-refractivity contribution < 1.29 is 29.0 Å². The van der Waals surface area contributed by atoms with E-state index in [0.717, 1.165) is 19.3 Å². The van der Waals surface area contributed by atoms with E-state index in [2.05, 4.69) is 0 Å². The first-order valence-corrected chi connectivity index (χ1v) is 12.8. The van der Waals surface area contributed by atoms with Gasteiger partial charge in [-0.2, -0.15) is 0 Å². The molecule has 1 unspecified atom stereocenters. The lowest BCUT2D eigenvalue weighted by Gasteiger charge is -2.39. The molecule has 0 aromatic heterocycles. The molecule has 4 heterocycles. The number of fused-ring (bicyclic) bond motifs is 2. The number of ether oxygens (including phenoxy) is 2. The highest BCUT2D eigenvalue weighted by molar-refractivity contribution is 6.34. The smallest absolute Gasteiger partial charge is 0.313 e. The number of anilines is 1. The summed E-state index contributed by atoms with van der Waals surface area (Å²) in [6, 6.07) is 5.25. The molecule has 1 spiro atoms. The average Bonchev–Trinajstić information content (AvgIpc) is 3.19. The number of cyclic esters (lactones) is 1. The molecule has 2 amide bonds. The third-order valence-electron chi connectivity index (χ3n) is 7.82. The molecule has 2 saturated heterocycles. The van der Waals surface area contributed by atoms with Crippen LogP contribution >= 0.6 is 11.6 Å². The van der Waals surface area contributed by atoms with Crippen LogP contribution in [0.25, 0.3) is 0 Å². The average molecular weight is 515 g/mol. The Kier molecular flexibility index (Phi) is 6.47. The minimum absolute atomic E-state index is 0.216. The molecule has 192 valence electrons. The fraction of sp³-hybridized carbons (Fsp3) is 0.519. The van der Waals surface area contributed by atoms with Crippen LogP contribution in [-0.2, 0) is 23.9 Å². The summed E-state index contributed by atoms with van der Waals surface area (Å²) in [5.41, 5.74) is -2.04. The molecule has 8 nitrogen and oxygen atoms in total. The monoisotopic (exact) mass is 514 g/mol. The minimum Gasteiger partial charge on any atom is -0.465 e. The van der Waals surface area contributed by atoms with Crippen LogP contribution in [0.2, 0.25) is 5.02 Å². The van der Waals surface area contributed by atoms with Crippen LogP contribution in [0.1, 0.15) is 33.1 Å². The van der Waals surface area contributed by atoms with Crippen molar-refractivity contribution in [2.45, 2.75) is 56.4 Å². The van der Waals surface area contributed by atoms with E-state index in [1.165, 1.54) is 9.80 Å². The van der Waals surface area contributed by atoms with E-state index in [4.69, 9.17) is 21.1 Å². The van der Waals surface area contributed by atoms with E-state index in [9.17, 15) is 19.5 Å². The van der Waals surface area contributed by atoms with E-state index in [0.29, 0.717) is 10.7 Å². The molecule has 4 aliphatic heterocycles. The predicted octanol–water partition coefficient (Wildman–Crippen LogP) is 2.88. The summed E-state index contributed by atoms with van der Waals surface area (Å²) < 4.78 is 12.3. The van der Waals surface area contributed by atoms with Crippen molar-refractivity contribution >= 4 is 35.1 Å². The maximum Gasteiger partial charge on any atom is 0.313 e. The Bertz CT molecular complexity index is 1140. The molecule has 1 aromatic carbocycles. The van der Waals surface area contributed by atoms with Gasteiger partial charge in [0.05, 0.1) is 41.5 Å². The van der Waals surface area contributed by atoms with E-state index in [1.807, 2.05) is 12.2 Å². The SMILES string of the molecule is C[C@H](CO)N1C(=O)[C@@H]2[C@H]3C(=O)OCCCC/C=C\[C@@]3(C)O[C@@]23C=CCN(c2ccccc2Cl)C(=O)C13. The van der Waals surface area contributed by atoms with Gasteiger partial charge in [0.1, 0.15) is 17.6 Å². The number of hydrogen-bond acceptors (Lipinski definition) is 6. The lowest BCUT2D eigenvalue weighted by atomic mass is 9.74. The lowest BCUT2D eigenvalue weighted by Crippen LogP contribution is -2.58. The second kappa shape index (κ2) is 9.32. The number of carbonyl (C=O) groups is 3. The summed E-state index contributed by atoms with van der Waals surface area (Å²) >= 11 is 6.45. The van der Waals surface area contributed by atoms with Crippen molar-refractivity contribution in [2.75, 3.05) is 24.7 Å². The van der Waals surface area contributed by atoms with Gasteiger partial charge in [0.25, 0.3) is 5.91 Å². The molecule has 0 bridgehead atoms. The second-order valence-corrected chi connectivity index (χ2v) is 10.5. The summed E-state index contributed by atoms with van der Waals surface area (Å²) in [4.78, 5) is 44.7. The van der Waals surface area contributed by atoms with E-state index in [1.54, 1.807) is 50.3 Å². The number of halogens is 1. The van der Waals surface area contributed by atoms with Crippen molar-refractivity contribution in [3.8, 4) is 0 Å². The van der Waals surface area contributed by atoms with Crippen molar-refractivity contribution in [1.29, 1.82) is 0 Å². The van der Waals surface area contributed by atoms with Crippen LogP contribution in [-0.4, -0.2) is 70.8 Å². The Morgan fingerprint density at radius 3 is 2.64 bits per heavy atom. The number of hydrogen-bond donors (Lipinski definition) is 1. The lowest BCUT2D eigenvalue weighted by molar-refractivity contribution is -0.159. The number of aliphatic hydroxyl groups is 1. The largest absolute Gasteiger partial charge is 0.465 e. The maximum absolute atomic E-state index is 14.3. The van der Waals surface area contributed by atoms with Crippen LogP contribution in [0, 0.1) is 11.8 Å². The number of amides is 2. The van der Waals surface area contributed by atoms with Gasteiger partial charge in [0.15, 0.2) is 0 Å². The molecule has 1 aromatic rings. The fourth-order valence-corrected chi connectivity index (χ4v) is 6.42. The molecule has 4 aliphatic rings. The van der Waals surface area contributed by atoms with E-state index < -0.39 is 47.0 Å². The highest BCUT2D eigenvalue weighted by Crippen LogP contribution is 2.57. The fourth-order valence-electron chi connectivity index (χ4n) is 6.19. The summed E-state index contributed by atoms with van der Waals surface area (Å²) in [7, 11) is 0. The summed E-state index contributed by atoms with van der Waals surface area (Å²) in [6.07, 6.45) is 9.77. The summed E-state index contributed by atoms with van der Waals surface area (Å²) in [5.74, 6) is -3.22. The summed E-state index contributed by atoms with van der Waals surface area (Å²) in [6.45, 7) is 3.60. The molecule has 0 aliphatic carbocycles. The maximum atomic E-state index is 14.3. The van der Waals surface area contributed by atoms with Crippen LogP contribution in [0.15, 0.2) is 48.6 Å². The number of nitrogens with zero attached hydrogens (tertiary/aromatic N) is 2. The van der Waals surface area contributed by atoms with Gasteiger partial charge < -0.3 is 24.4 Å². The molecule has 0 saturated carbocycles. The molecular formula is C27H31ClN2O6. The number of benzene rings is 1. The Hall–Kier alpha value is -2.68. The number of aliphatic hydroxyl groups excluding tert-OH is 1. The minimum atomic E-state index is -1.41. The van der Waals surface area contributed by atoms with Gasteiger partial charge in [-0.05, 0) is 45.2 Å². The summed E-state index contributed by atoms with van der Waals surface area (Å²) in [5, 5.41) is 10.4. The number of carbonyl (C=O) groups excluding carboxylic acids is 3. The van der Waals surface area contributed by atoms with Crippen LogP contribution < -0.4 is 4.90 Å². The number of likely N-dealkylation sites (tertiary alicyclic amines) is 1. The molecule has 2 fully saturated rings. The van der Waals surface area contributed by atoms with Crippen LogP contribution in [0.4, 0.5) is 5.69 Å². The molecule has 0 radical (unpaired) electrons. The van der Waals surface area contributed by atoms with Gasteiger partial charge in [0, 0.05) is 6.54 Å². The highest BCUT2D eigenvalue weighted by Gasteiger charge is 2.75. The topological polar surface area (TPSA) is 96.4 Å². The van der Waals surface area contributed by atoms with Crippen molar-refractivity contribution in [3.63, 3.8) is 0 Å². The molecule has 5 rings (SSSR count). The van der Waals surface area contributed by atoms with Crippen LogP contribution in [0.5, 0.6) is 0 Å². The normalized spacial score (nSPS) is 36.0. The number of rotatable bonds is 3. The van der Waals surface area contributed by atoms with Gasteiger partial charge in [-0.25, -0.2) is 0 Å². The van der Waals surface area contributed by atoms with Crippen molar-refractivity contribution in [3.05, 3.63) is 53.6 Å². The van der Waals surface area contributed by atoms with Gasteiger partial charge in [0.2, 0.25) is 5.91 Å². The van der Waals surface area contributed by atoms with Crippen LogP contribution in [0.3, 0.4) is 0 Å². The second-order valence-electron chi connectivity index (χ2n) is 10.1. The molecule has 36 heavy (non-hydrogen) atoms. The van der Waals surface area contributed by atoms with Gasteiger partial charge in [-0.1, -0.05) is 48.0 Å². The number of para-hydroxylation sites is 1. The standard InChI is InChI=1S/C27H31ClN2O6/c1-17(16-31)30-22-24(33)29(19-11-6-5-10-18(19)28)14-9-13-27(22)20(23(30)32)21-25(34)35-15-8-4-3-7-12-26(21,2)36-27/h5-7,9-13,17,20-22,31H,3-4,8,14-16H2,1-2H3/b12-7-/t17-,20+,21+,22?,26-,27+/m1/s1. The number of esters is 1. The highest BCUT2D eigenvalue weighted by atomic mass is 35.5. The van der Waals surface area contributed by atoms with Crippen molar-refractivity contribution in [1.82, 2.24) is 4.90 Å².